The van der Waals surface area contributed by atoms with Gasteiger partial charge in [0, 0.05) is 41.8 Å². The summed E-state index contributed by atoms with van der Waals surface area (Å²) in [5.74, 6) is -0.629. The number of pyridine rings is 1. The van der Waals surface area contributed by atoms with Crippen LogP contribution in [-0.4, -0.2) is 38.8 Å². The SMILES string of the molecule is CNS(=O)(=O)c1ccc(C(=O)NCC(N)c2ccc(C(=O)Nc3ccncc3)cc2)cc1. The first-order valence-electron chi connectivity index (χ1n) is 9.69. The summed E-state index contributed by atoms with van der Waals surface area (Å²) in [4.78, 5) is 28.6. The predicted molar refractivity (Wildman–Crippen MR) is 121 cm³/mol. The third-order valence-electron chi connectivity index (χ3n) is 4.72. The van der Waals surface area contributed by atoms with E-state index < -0.39 is 16.1 Å². The quantitative estimate of drug-likeness (QED) is 0.409. The minimum absolute atomic E-state index is 0.0707. The summed E-state index contributed by atoms with van der Waals surface area (Å²) in [6.45, 7) is 0.165. The van der Waals surface area contributed by atoms with Gasteiger partial charge in [0.2, 0.25) is 10.0 Å². The Hall–Kier alpha value is -3.60. The van der Waals surface area contributed by atoms with Gasteiger partial charge in [0.05, 0.1) is 4.90 Å². The Morgan fingerprint density at radius 1 is 0.906 bits per heavy atom. The zero-order valence-electron chi connectivity index (χ0n) is 17.3. The average molecular weight is 454 g/mol. The minimum atomic E-state index is -3.56. The van der Waals surface area contributed by atoms with E-state index >= 15 is 0 Å². The van der Waals surface area contributed by atoms with Gasteiger partial charge in [-0.2, -0.15) is 0 Å². The number of nitrogens with one attached hydrogen (secondary N) is 3. The first-order valence-corrected chi connectivity index (χ1v) is 11.2. The van der Waals surface area contributed by atoms with Crippen molar-refractivity contribution in [1.29, 1.82) is 0 Å². The minimum Gasteiger partial charge on any atom is -0.350 e. The lowest BCUT2D eigenvalue weighted by atomic mass is 10.0. The molecule has 0 radical (unpaired) electrons. The Morgan fingerprint density at radius 2 is 1.47 bits per heavy atom. The number of carbonyl (C=O) groups excluding carboxylic acids is 2. The van der Waals surface area contributed by atoms with Gasteiger partial charge in [-0.25, -0.2) is 13.1 Å². The molecule has 166 valence electrons. The molecule has 0 aliphatic carbocycles. The molecular weight excluding hydrogens is 430 g/mol. The van der Waals surface area contributed by atoms with Crippen LogP contribution in [0.2, 0.25) is 0 Å². The summed E-state index contributed by atoms with van der Waals surface area (Å²) in [6.07, 6.45) is 3.18. The molecule has 1 atom stereocenters. The third-order valence-corrected chi connectivity index (χ3v) is 6.15. The fraction of sp³-hybridized carbons (Fsp3) is 0.136. The second-order valence-electron chi connectivity index (χ2n) is 6.86. The normalized spacial score (nSPS) is 12.1. The number of hydrogen-bond acceptors (Lipinski definition) is 6. The standard InChI is InChI=1S/C22H23N5O4S/c1-24-32(30,31)19-8-6-16(7-9-19)21(28)26-14-20(23)15-2-4-17(5-3-15)22(29)27-18-10-12-25-13-11-18/h2-13,20,24H,14,23H2,1H3,(H,26,28)(H,25,27,29). The van der Waals surface area contributed by atoms with Gasteiger partial charge >= 0.3 is 0 Å². The average Bonchev–Trinajstić information content (AvgIpc) is 2.83. The number of rotatable bonds is 8. The van der Waals surface area contributed by atoms with Crippen molar-refractivity contribution in [3.8, 4) is 0 Å². The second kappa shape index (κ2) is 10.1. The van der Waals surface area contributed by atoms with E-state index in [1.807, 2.05) is 0 Å². The summed E-state index contributed by atoms with van der Waals surface area (Å²) in [5, 5.41) is 5.50. The lowest BCUT2D eigenvalue weighted by Crippen LogP contribution is -2.32. The maximum Gasteiger partial charge on any atom is 0.255 e. The van der Waals surface area contributed by atoms with Crippen molar-refractivity contribution in [2.75, 3.05) is 18.9 Å². The summed E-state index contributed by atoms with van der Waals surface area (Å²) < 4.78 is 25.7. The molecule has 0 fully saturated rings. The largest absolute Gasteiger partial charge is 0.350 e. The molecule has 32 heavy (non-hydrogen) atoms. The number of sulfonamides is 1. The van der Waals surface area contributed by atoms with Crippen molar-refractivity contribution in [2.45, 2.75) is 10.9 Å². The van der Waals surface area contributed by atoms with Crippen LogP contribution >= 0.6 is 0 Å². The number of benzene rings is 2. The van der Waals surface area contributed by atoms with Crippen molar-refractivity contribution in [3.05, 3.63) is 89.7 Å². The lowest BCUT2D eigenvalue weighted by molar-refractivity contribution is 0.0950. The van der Waals surface area contributed by atoms with Crippen LogP contribution in [0.15, 0.2) is 78.0 Å². The fourth-order valence-corrected chi connectivity index (χ4v) is 3.58. The number of carbonyl (C=O) groups is 2. The molecule has 2 aromatic carbocycles. The van der Waals surface area contributed by atoms with Crippen LogP contribution < -0.4 is 21.1 Å². The lowest BCUT2D eigenvalue weighted by Gasteiger charge is -2.14. The maximum absolute atomic E-state index is 12.3. The molecule has 1 unspecified atom stereocenters. The van der Waals surface area contributed by atoms with Crippen molar-refractivity contribution in [1.82, 2.24) is 15.0 Å². The van der Waals surface area contributed by atoms with E-state index in [1.54, 1.807) is 48.8 Å². The van der Waals surface area contributed by atoms with Crippen molar-refractivity contribution < 1.29 is 18.0 Å². The second-order valence-corrected chi connectivity index (χ2v) is 8.75. The highest BCUT2D eigenvalue weighted by atomic mass is 32.2. The van der Waals surface area contributed by atoms with Crippen LogP contribution in [0.25, 0.3) is 0 Å². The van der Waals surface area contributed by atoms with Crippen molar-refractivity contribution in [3.63, 3.8) is 0 Å². The summed E-state index contributed by atoms with van der Waals surface area (Å²) in [5.41, 5.74) is 8.34. The van der Waals surface area contributed by atoms with Gasteiger partial charge in [-0.3, -0.25) is 14.6 Å². The van der Waals surface area contributed by atoms with Crippen LogP contribution in [-0.2, 0) is 10.0 Å². The molecule has 0 aliphatic rings. The molecule has 1 heterocycles. The van der Waals surface area contributed by atoms with Crippen LogP contribution in [0.3, 0.4) is 0 Å². The Balaban J connectivity index is 1.56. The van der Waals surface area contributed by atoms with E-state index in [-0.39, 0.29) is 23.3 Å². The molecule has 5 N–H and O–H groups in total. The zero-order chi connectivity index (χ0) is 23.1. The van der Waals surface area contributed by atoms with E-state index in [4.69, 9.17) is 5.73 Å². The Kier molecular flexibility index (Phi) is 7.31. The molecule has 3 rings (SSSR count). The molecule has 9 nitrogen and oxygen atoms in total. The molecule has 10 heteroatoms. The molecule has 3 aromatic rings. The molecule has 0 aliphatic heterocycles. The van der Waals surface area contributed by atoms with E-state index in [0.717, 1.165) is 5.56 Å². The van der Waals surface area contributed by atoms with Gasteiger partial charge in [-0.1, -0.05) is 12.1 Å². The van der Waals surface area contributed by atoms with Crippen molar-refractivity contribution in [2.24, 2.45) is 5.73 Å². The predicted octanol–water partition coefficient (Wildman–Crippen LogP) is 1.67. The molecule has 2 amide bonds. The molecule has 0 spiro atoms. The van der Waals surface area contributed by atoms with Gasteiger partial charge in [0.25, 0.3) is 11.8 Å². The number of nitrogens with two attached hydrogens (primary N) is 1. The Morgan fingerprint density at radius 3 is 2.06 bits per heavy atom. The van der Waals surface area contributed by atoms with E-state index in [0.29, 0.717) is 16.8 Å². The highest BCUT2D eigenvalue weighted by Crippen LogP contribution is 2.14. The number of anilines is 1. The summed E-state index contributed by atoms with van der Waals surface area (Å²) in [6, 6.07) is 15.3. The summed E-state index contributed by atoms with van der Waals surface area (Å²) in [7, 11) is -2.25. The highest BCUT2D eigenvalue weighted by molar-refractivity contribution is 7.89. The molecule has 0 saturated heterocycles. The van der Waals surface area contributed by atoms with Gasteiger partial charge in [0.15, 0.2) is 0 Å². The van der Waals surface area contributed by atoms with E-state index in [2.05, 4.69) is 20.3 Å². The van der Waals surface area contributed by atoms with Crippen LogP contribution in [0.1, 0.15) is 32.3 Å². The van der Waals surface area contributed by atoms with Gasteiger partial charge in [0.1, 0.15) is 0 Å². The first-order chi connectivity index (χ1) is 15.3. The zero-order valence-corrected chi connectivity index (χ0v) is 18.1. The van der Waals surface area contributed by atoms with Gasteiger partial charge < -0.3 is 16.4 Å². The summed E-state index contributed by atoms with van der Waals surface area (Å²) >= 11 is 0. The smallest absolute Gasteiger partial charge is 0.255 e. The molecule has 0 bridgehead atoms. The Labute approximate surface area is 186 Å². The Bertz CT molecular complexity index is 1180. The maximum atomic E-state index is 12.3. The van der Waals surface area contributed by atoms with Gasteiger partial charge in [-0.15, -0.1) is 0 Å². The monoisotopic (exact) mass is 453 g/mol. The highest BCUT2D eigenvalue weighted by Gasteiger charge is 2.14. The number of amides is 2. The number of hydrogen-bond donors (Lipinski definition) is 4. The van der Waals surface area contributed by atoms with Gasteiger partial charge in [-0.05, 0) is 61.1 Å². The third kappa shape index (κ3) is 5.76. The van der Waals surface area contributed by atoms with Crippen molar-refractivity contribution >= 4 is 27.5 Å². The van der Waals surface area contributed by atoms with Crippen LogP contribution in [0.4, 0.5) is 5.69 Å². The number of nitrogens with zero attached hydrogens (tertiary/aromatic N) is 1. The van der Waals surface area contributed by atoms with Crippen LogP contribution in [0.5, 0.6) is 0 Å². The molecule has 1 aromatic heterocycles. The molecular formula is C22H23N5O4S. The first kappa shape index (κ1) is 23.1. The number of aromatic nitrogens is 1. The van der Waals surface area contributed by atoms with E-state index in [9.17, 15) is 18.0 Å². The molecule has 0 saturated carbocycles. The fourth-order valence-electron chi connectivity index (χ4n) is 2.85. The van der Waals surface area contributed by atoms with Crippen LogP contribution in [0, 0.1) is 0 Å². The topological polar surface area (TPSA) is 143 Å². The van der Waals surface area contributed by atoms with E-state index in [1.165, 1.54) is 31.3 Å².